The fourth-order valence-electron chi connectivity index (χ4n) is 2.81. The summed E-state index contributed by atoms with van der Waals surface area (Å²) in [5.41, 5.74) is 0.826. The van der Waals surface area contributed by atoms with Crippen LogP contribution in [-0.2, 0) is 20.9 Å². The Labute approximate surface area is 177 Å². The van der Waals surface area contributed by atoms with Gasteiger partial charge in [0.15, 0.2) is 5.78 Å². The smallest absolute Gasteiger partial charge is 0.407 e. The van der Waals surface area contributed by atoms with E-state index in [-0.39, 0.29) is 37.6 Å². The number of carbonyl (C=O) groups excluding carboxylic acids is 3. The zero-order valence-electron chi connectivity index (χ0n) is 17.7. The van der Waals surface area contributed by atoms with Crippen molar-refractivity contribution in [3.05, 3.63) is 71.8 Å². The second-order valence-electron chi connectivity index (χ2n) is 8.02. The average Bonchev–Trinajstić information content (AvgIpc) is 2.70. The maximum Gasteiger partial charge on any atom is 0.407 e. The molecule has 0 radical (unpaired) electrons. The number of ether oxygens (including phenoxy) is 2. The molecule has 6 nitrogen and oxygen atoms in total. The Balaban J connectivity index is 1.95. The lowest BCUT2D eigenvalue weighted by Crippen LogP contribution is -2.37. The molecular weight excluding hydrogens is 382 g/mol. The minimum atomic E-state index is -0.631. The van der Waals surface area contributed by atoms with Crippen LogP contribution < -0.4 is 5.32 Å². The quantitative estimate of drug-likeness (QED) is 0.479. The van der Waals surface area contributed by atoms with Crippen LogP contribution in [0.15, 0.2) is 60.7 Å². The predicted molar refractivity (Wildman–Crippen MR) is 114 cm³/mol. The Kier molecular flexibility index (Phi) is 8.59. The third-order valence-corrected chi connectivity index (χ3v) is 4.18. The third-order valence-electron chi connectivity index (χ3n) is 4.18. The summed E-state index contributed by atoms with van der Waals surface area (Å²) in [4.78, 5) is 36.9. The van der Waals surface area contributed by atoms with Crippen LogP contribution in [0, 0.1) is 0 Å². The molecule has 0 aliphatic rings. The number of hydrogen-bond acceptors (Lipinski definition) is 5. The number of amides is 1. The fraction of sp³-hybridized carbons (Fsp3) is 0.375. The first kappa shape index (κ1) is 23.1. The summed E-state index contributed by atoms with van der Waals surface area (Å²) in [7, 11) is 0. The zero-order valence-corrected chi connectivity index (χ0v) is 17.7. The van der Waals surface area contributed by atoms with Gasteiger partial charge in [0.1, 0.15) is 12.2 Å². The van der Waals surface area contributed by atoms with Crippen LogP contribution in [0.25, 0.3) is 0 Å². The maximum absolute atomic E-state index is 12.6. The third kappa shape index (κ3) is 8.90. The molecule has 30 heavy (non-hydrogen) atoms. The van der Waals surface area contributed by atoms with E-state index in [0.717, 1.165) is 5.56 Å². The SMILES string of the molecule is CC(C)(C)OC(=O)CCC(CC(=O)c1ccccc1)NC(=O)OCc1ccccc1. The lowest BCUT2D eigenvalue weighted by atomic mass is 10.0. The van der Waals surface area contributed by atoms with Gasteiger partial charge in [0.05, 0.1) is 0 Å². The Morgan fingerprint density at radius 2 is 1.53 bits per heavy atom. The number of hydrogen-bond donors (Lipinski definition) is 1. The van der Waals surface area contributed by atoms with Crippen LogP contribution in [0.5, 0.6) is 0 Å². The zero-order chi connectivity index (χ0) is 22.0. The molecule has 2 aromatic carbocycles. The predicted octanol–water partition coefficient (Wildman–Crippen LogP) is 4.68. The van der Waals surface area contributed by atoms with Crippen molar-refractivity contribution >= 4 is 17.8 Å². The molecule has 1 N–H and O–H groups in total. The highest BCUT2D eigenvalue weighted by Gasteiger charge is 2.22. The number of alkyl carbamates (subject to hydrolysis) is 1. The van der Waals surface area contributed by atoms with E-state index in [1.165, 1.54) is 0 Å². The highest BCUT2D eigenvalue weighted by atomic mass is 16.6. The van der Waals surface area contributed by atoms with Gasteiger partial charge in [-0.25, -0.2) is 4.79 Å². The number of Topliss-reactive ketones (excluding diaryl/α,β-unsaturated/α-hetero) is 1. The van der Waals surface area contributed by atoms with Gasteiger partial charge in [-0.15, -0.1) is 0 Å². The van der Waals surface area contributed by atoms with Crippen LogP contribution in [0.3, 0.4) is 0 Å². The Hall–Kier alpha value is -3.15. The number of esters is 1. The molecule has 0 aromatic heterocycles. The number of rotatable bonds is 9. The molecule has 0 aliphatic carbocycles. The Bertz CT molecular complexity index is 828. The molecule has 0 saturated heterocycles. The van der Waals surface area contributed by atoms with Crippen molar-refractivity contribution in [3.8, 4) is 0 Å². The summed E-state index contributed by atoms with van der Waals surface area (Å²) in [5.74, 6) is -0.493. The first-order valence-electron chi connectivity index (χ1n) is 10.0. The number of ketones is 1. The van der Waals surface area contributed by atoms with Gasteiger partial charge < -0.3 is 14.8 Å². The van der Waals surface area contributed by atoms with Crippen molar-refractivity contribution in [2.75, 3.05) is 0 Å². The van der Waals surface area contributed by atoms with Gasteiger partial charge in [-0.3, -0.25) is 9.59 Å². The first-order valence-corrected chi connectivity index (χ1v) is 10.0. The van der Waals surface area contributed by atoms with Gasteiger partial charge in [0.25, 0.3) is 0 Å². The highest BCUT2D eigenvalue weighted by Crippen LogP contribution is 2.13. The molecule has 2 rings (SSSR count). The second kappa shape index (κ2) is 11.1. The summed E-state index contributed by atoms with van der Waals surface area (Å²) >= 11 is 0. The van der Waals surface area contributed by atoms with Crippen LogP contribution in [-0.4, -0.2) is 29.5 Å². The van der Waals surface area contributed by atoms with Crippen molar-refractivity contribution < 1.29 is 23.9 Å². The van der Waals surface area contributed by atoms with Gasteiger partial charge in [0, 0.05) is 24.4 Å². The maximum atomic E-state index is 12.6. The standard InChI is InChI=1S/C24H29NO5/c1-24(2,3)30-22(27)15-14-20(16-21(26)19-12-8-5-9-13-19)25-23(28)29-17-18-10-6-4-7-11-18/h4-13,20H,14-17H2,1-3H3,(H,25,28). The van der Waals surface area contributed by atoms with Crippen molar-refractivity contribution in [2.45, 2.75) is 58.3 Å². The molecule has 0 aliphatic heterocycles. The van der Waals surface area contributed by atoms with Crippen LogP contribution in [0.1, 0.15) is 56.0 Å². The van der Waals surface area contributed by atoms with Crippen LogP contribution >= 0.6 is 0 Å². The normalized spacial score (nSPS) is 12.0. The van der Waals surface area contributed by atoms with Crippen molar-refractivity contribution in [3.63, 3.8) is 0 Å². The first-order chi connectivity index (χ1) is 14.2. The minimum Gasteiger partial charge on any atom is -0.460 e. The van der Waals surface area contributed by atoms with E-state index in [0.29, 0.717) is 5.56 Å². The summed E-state index contributed by atoms with van der Waals surface area (Å²) in [6, 6.07) is 17.6. The van der Waals surface area contributed by atoms with Crippen molar-refractivity contribution in [1.29, 1.82) is 0 Å². The van der Waals surface area contributed by atoms with E-state index in [1.54, 1.807) is 45.0 Å². The molecule has 6 heteroatoms. The van der Waals surface area contributed by atoms with Crippen LogP contribution in [0.2, 0.25) is 0 Å². The largest absolute Gasteiger partial charge is 0.460 e. The summed E-state index contributed by atoms with van der Waals surface area (Å²) < 4.78 is 10.6. The lowest BCUT2D eigenvalue weighted by molar-refractivity contribution is -0.155. The molecule has 0 spiro atoms. The van der Waals surface area contributed by atoms with Gasteiger partial charge in [-0.05, 0) is 32.8 Å². The van der Waals surface area contributed by atoms with Crippen molar-refractivity contribution in [2.24, 2.45) is 0 Å². The fourth-order valence-corrected chi connectivity index (χ4v) is 2.81. The molecule has 2 aromatic rings. The van der Waals surface area contributed by atoms with E-state index >= 15 is 0 Å². The topological polar surface area (TPSA) is 81.7 Å². The van der Waals surface area contributed by atoms with Crippen molar-refractivity contribution in [1.82, 2.24) is 5.32 Å². The highest BCUT2D eigenvalue weighted by molar-refractivity contribution is 5.96. The monoisotopic (exact) mass is 411 g/mol. The summed E-state index contributed by atoms with van der Waals surface area (Å²) in [6.45, 7) is 5.50. The van der Waals surface area contributed by atoms with Gasteiger partial charge in [0.2, 0.25) is 0 Å². The van der Waals surface area contributed by atoms with E-state index in [1.807, 2.05) is 36.4 Å². The summed E-state index contributed by atoms with van der Waals surface area (Å²) in [6.07, 6.45) is -0.210. The van der Waals surface area contributed by atoms with E-state index in [9.17, 15) is 14.4 Å². The number of nitrogens with one attached hydrogen (secondary N) is 1. The average molecular weight is 411 g/mol. The Morgan fingerprint density at radius 3 is 2.13 bits per heavy atom. The molecular formula is C24H29NO5. The molecule has 0 saturated carbocycles. The summed E-state index contributed by atoms with van der Waals surface area (Å²) in [5, 5.41) is 2.72. The Morgan fingerprint density at radius 1 is 0.933 bits per heavy atom. The number of benzene rings is 2. The van der Waals surface area contributed by atoms with E-state index in [2.05, 4.69) is 5.32 Å². The van der Waals surface area contributed by atoms with Crippen LogP contribution in [0.4, 0.5) is 4.79 Å². The molecule has 0 bridgehead atoms. The molecule has 1 amide bonds. The minimum absolute atomic E-state index is 0.0627. The molecule has 0 heterocycles. The molecule has 0 fully saturated rings. The van der Waals surface area contributed by atoms with E-state index < -0.39 is 17.7 Å². The van der Waals surface area contributed by atoms with Gasteiger partial charge in [-0.1, -0.05) is 60.7 Å². The van der Waals surface area contributed by atoms with Gasteiger partial charge >= 0.3 is 12.1 Å². The second-order valence-corrected chi connectivity index (χ2v) is 8.02. The lowest BCUT2D eigenvalue weighted by Gasteiger charge is -2.21. The van der Waals surface area contributed by atoms with Gasteiger partial charge in [-0.2, -0.15) is 0 Å². The molecule has 1 unspecified atom stereocenters. The van der Waals surface area contributed by atoms with E-state index in [4.69, 9.17) is 9.47 Å². The molecule has 160 valence electrons. The number of carbonyl (C=O) groups is 3. The molecule has 1 atom stereocenters.